The maximum Gasteiger partial charge on any atom is 0.143 e. The molecule has 0 radical (unpaired) electrons. The highest BCUT2D eigenvalue weighted by Crippen LogP contribution is 2.39. The minimum atomic E-state index is 0.920. The number of furan rings is 1. The highest BCUT2D eigenvalue weighted by molar-refractivity contribution is 6.12. The third-order valence-electron chi connectivity index (χ3n) is 7.62. The first-order chi connectivity index (χ1) is 18.8. The summed E-state index contributed by atoms with van der Waals surface area (Å²) in [5.74, 6) is 0. The van der Waals surface area contributed by atoms with Gasteiger partial charge in [-0.1, -0.05) is 109 Å². The van der Waals surface area contributed by atoms with E-state index >= 15 is 0 Å². The Hall–Kier alpha value is -5.08. The average Bonchev–Trinajstić information content (AvgIpc) is 3.53. The van der Waals surface area contributed by atoms with E-state index in [9.17, 15) is 0 Å². The lowest BCUT2D eigenvalue weighted by Gasteiger charge is -2.10. The first kappa shape index (κ1) is 21.0. The van der Waals surface area contributed by atoms with Crippen LogP contribution in [-0.4, -0.2) is 4.57 Å². The van der Waals surface area contributed by atoms with E-state index in [0.717, 1.165) is 38.8 Å². The van der Waals surface area contributed by atoms with Crippen LogP contribution < -0.4 is 0 Å². The highest BCUT2D eigenvalue weighted by Gasteiger charge is 2.16. The van der Waals surface area contributed by atoms with Crippen molar-refractivity contribution in [2.45, 2.75) is 0 Å². The van der Waals surface area contributed by atoms with Crippen LogP contribution in [0, 0.1) is 0 Å². The summed E-state index contributed by atoms with van der Waals surface area (Å²) in [5.41, 5.74) is 10.1. The maximum absolute atomic E-state index is 6.37. The van der Waals surface area contributed by atoms with Gasteiger partial charge in [-0.25, -0.2) is 0 Å². The van der Waals surface area contributed by atoms with Crippen LogP contribution in [0.25, 0.3) is 71.7 Å². The van der Waals surface area contributed by atoms with Gasteiger partial charge in [-0.15, -0.1) is 0 Å². The van der Waals surface area contributed by atoms with E-state index < -0.39 is 0 Å². The van der Waals surface area contributed by atoms with Crippen LogP contribution in [0.2, 0.25) is 0 Å². The topological polar surface area (TPSA) is 18.1 Å². The van der Waals surface area contributed by atoms with Crippen molar-refractivity contribution in [3.05, 3.63) is 140 Å². The highest BCUT2D eigenvalue weighted by atomic mass is 16.3. The Morgan fingerprint density at radius 1 is 0.421 bits per heavy atom. The van der Waals surface area contributed by atoms with Crippen molar-refractivity contribution < 1.29 is 4.42 Å². The molecule has 2 heteroatoms. The number of fused-ring (bicyclic) bond motifs is 6. The molecule has 0 amide bonds. The van der Waals surface area contributed by atoms with Gasteiger partial charge < -0.3 is 8.98 Å². The molecule has 0 N–H and O–H groups in total. The van der Waals surface area contributed by atoms with Crippen LogP contribution in [0.15, 0.2) is 144 Å². The Balaban J connectivity index is 1.36. The molecule has 2 heterocycles. The van der Waals surface area contributed by atoms with Crippen LogP contribution in [-0.2, 0) is 0 Å². The molecule has 0 unspecified atom stereocenters. The van der Waals surface area contributed by atoms with Crippen molar-refractivity contribution in [3.8, 4) is 27.9 Å². The van der Waals surface area contributed by atoms with Crippen molar-refractivity contribution in [2.75, 3.05) is 0 Å². The predicted molar refractivity (Wildman–Crippen MR) is 159 cm³/mol. The summed E-state index contributed by atoms with van der Waals surface area (Å²) in [6, 6.07) is 49.5. The molecule has 0 saturated heterocycles. The lowest BCUT2D eigenvalue weighted by atomic mass is 10.0. The number of hydrogen-bond acceptors (Lipinski definition) is 1. The van der Waals surface area contributed by atoms with Gasteiger partial charge >= 0.3 is 0 Å². The number of nitrogens with zero attached hydrogens (tertiary/aromatic N) is 1. The first-order valence-corrected chi connectivity index (χ1v) is 12.9. The average molecular weight is 486 g/mol. The van der Waals surface area contributed by atoms with E-state index in [1.54, 1.807) is 0 Å². The third kappa shape index (κ3) is 3.14. The molecule has 38 heavy (non-hydrogen) atoms. The largest absolute Gasteiger partial charge is 0.455 e. The molecule has 0 saturated carbocycles. The number of hydrogen-bond donors (Lipinski definition) is 0. The molecule has 6 aromatic carbocycles. The van der Waals surface area contributed by atoms with Crippen LogP contribution in [0.3, 0.4) is 0 Å². The van der Waals surface area contributed by atoms with Crippen LogP contribution in [0.5, 0.6) is 0 Å². The Kier molecular flexibility index (Phi) is 4.55. The molecule has 0 bridgehead atoms. The van der Waals surface area contributed by atoms with E-state index in [-0.39, 0.29) is 0 Å². The van der Waals surface area contributed by atoms with E-state index in [0.29, 0.717) is 0 Å². The van der Waals surface area contributed by atoms with Gasteiger partial charge in [0.1, 0.15) is 11.2 Å². The second-order valence-electron chi connectivity index (χ2n) is 9.78. The van der Waals surface area contributed by atoms with E-state index in [1.807, 2.05) is 12.1 Å². The summed E-state index contributed by atoms with van der Waals surface area (Å²) in [5, 5.41) is 4.80. The van der Waals surface area contributed by atoms with Gasteiger partial charge in [-0.3, -0.25) is 0 Å². The molecular weight excluding hydrogens is 462 g/mol. The Morgan fingerprint density at radius 3 is 1.95 bits per heavy atom. The molecule has 178 valence electrons. The fourth-order valence-corrected chi connectivity index (χ4v) is 5.82. The van der Waals surface area contributed by atoms with Crippen molar-refractivity contribution in [3.63, 3.8) is 0 Å². The zero-order chi connectivity index (χ0) is 25.1. The summed E-state index contributed by atoms with van der Waals surface area (Å²) in [7, 11) is 0. The van der Waals surface area contributed by atoms with Gasteiger partial charge in [0.2, 0.25) is 0 Å². The van der Waals surface area contributed by atoms with Gasteiger partial charge in [-0.2, -0.15) is 0 Å². The zero-order valence-corrected chi connectivity index (χ0v) is 20.6. The number of para-hydroxylation sites is 3. The fraction of sp³-hybridized carbons (Fsp3) is 0. The Labute approximate surface area is 220 Å². The summed E-state index contributed by atoms with van der Waals surface area (Å²) in [6.45, 7) is 0. The minimum Gasteiger partial charge on any atom is -0.455 e. The van der Waals surface area contributed by atoms with E-state index in [4.69, 9.17) is 4.42 Å². The van der Waals surface area contributed by atoms with E-state index in [1.165, 1.54) is 32.9 Å². The zero-order valence-electron chi connectivity index (χ0n) is 20.6. The van der Waals surface area contributed by atoms with Crippen LogP contribution >= 0.6 is 0 Å². The third-order valence-corrected chi connectivity index (χ3v) is 7.62. The lowest BCUT2D eigenvalue weighted by molar-refractivity contribution is 0.670. The number of rotatable bonds is 3. The molecule has 2 nitrogen and oxygen atoms in total. The second-order valence-corrected chi connectivity index (χ2v) is 9.78. The number of benzene rings is 6. The smallest absolute Gasteiger partial charge is 0.143 e. The van der Waals surface area contributed by atoms with Crippen LogP contribution in [0.1, 0.15) is 0 Å². The van der Waals surface area contributed by atoms with Gasteiger partial charge in [0, 0.05) is 32.8 Å². The monoisotopic (exact) mass is 485 g/mol. The predicted octanol–water partition coefficient (Wildman–Crippen LogP) is 10.0. The van der Waals surface area contributed by atoms with Gasteiger partial charge in [0.05, 0.1) is 11.0 Å². The molecular formula is C36H23NO. The van der Waals surface area contributed by atoms with Crippen LogP contribution in [0.4, 0.5) is 0 Å². The molecule has 0 fully saturated rings. The number of aromatic nitrogens is 1. The molecule has 0 aliphatic rings. The quantitative estimate of drug-likeness (QED) is 0.243. The Bertz CT molecular complexity index is 2110. The molecule has 0 spiro atoms. The van der Waals surface area contributed by atoms with Gasteiger partial charge in [0.15, 0.2) is 0 Å². The SMILES string of the molecule is c1ccc(-c2ccc(-n3c4ccccc4c4ccc(-c5cccc6c5oc5ccccc56)cc43)cc2)cc1. The van der Waals surface area contributed by atoms with Crippen molar-refractivity contribution in [2.24, 2.45) is 0 Å². The lowest BCUT2D eigenvalue weighted by Crippen LogP contribution is -1.94. The molecule has 8 aromatic rings. The molecule has 0 atom stereocenters. The second kappa shape index (κ2) is 8.22. The van der Waals surface area contributed by atoms with Crippen molar-refractivity contribution >= 4 is 43.7 Å². The summed E-state index contributed by atoms with van der Waals surface area (Å²) < 4.78 is 8.75. The van der Waals surface area contributed by atoms with Crippen molar-refractivity contribution in [1.82, 2.24) is 4.57 Å². The molecule has 0 aliphatic carbocycles. The summed E-state index contributed by atoms with van der Waals surface area (Å²) in [6.07, 6.45) is 0. The standard InChI is InChI=1S/C36H23NO/c1-2-9-24(10-3-1)25-17-20-27(21-18-25)37-33-15-6-4-11-29(33)30-22-19-26(23-34(30)37)28-13-8-14-32-31-12-5-7-16-35(31)38-36(28)32/h1-23H. The molecule has 0 aliphatic heterocycles. The molecule has 8 rings (SSSR count). The summed E-state index contributed by atoms with van der Waals surface area (Å²) in [4.78, 5) is 0. The van der Waals surface area contributed by atoms with Gasteiger partial charge in [-0.05, 0) is 47.0 Å². The van der Waals surface area contributed by atoms with Crippen molar-refractivity contribution in [1.29, 1.82) is 0 Å². The minimum absolute atomic E-state index is 0.920. The maximum atomic E-state index is 6.37. The fourth-order valence-electron chi connectivity index (χ4n) is 5.82. The van der Waals surface area contributed by atoms with E-state index in [2.05, 4.69) is 132 Å². The van der Waals surface area contributed by atoms with Gasteiger partial charge in [0.25, 0.3) is 0 Å². The Morgan fingerprint density at radius 2 is 1.08 bits per heavy atom. The normalized spacial score (nSPS) is 11.7. The first-order valence-electron chi connectivity index (χ1n) is 12.9. The molecule has 2 aromatic heterocycles. The summed E-state index contributed by atoms with van der Waals surface area (Å²) >= 11 is 0.